The summed E-state index contributed by atoms with van der Waals surface area (Å²) in [6.07, 6.45) is 4.84. The lowest BCUT2D eigenvalue weighted by molar-refractivity contribution is -0.277. The number of hydrogen-bond acceptors (Lipinski definition) is 8. The third-order valence-electron chi connectivity index (χ3n) is 4.60. The number of rotatable bonds is 6. The molecule has 3 aromatic rings. The summed E-state index contributed by atoms with van der Waals surface area (Å²) < 4.78 is 21.4. The van der Waals surface area contributed by atoms with Gasteiger partial charge in [0.2, 0.25) is 5.88 Å². The Balaban J connectivity index is 1.36. The van der Waals surface area contributed by atoms with Crippen LogP contribution < -0.4 is 19.3 Å². The van der Waals surface area contributed by atoms with E-state index in [2.05, 4.69) is 15.1 Å². The van der Waals surface area contributed by atoms with Crippen LogP contribution in [0.15, 0.2) is 41.2 Å². The van der Waals surface area contributed by atoms with Gasteiger partial charge in [-0.2, -0.15) is 0 Å². The van der Waals surface area contributed by atoms with E-state index in [0.29, 0.717) is 17.5 Å². The first kappa shape index (κ1) is 17.1. The van der Waals surface area contributed by atoms with Crippen LogP contribution in [0.5, 0.6) is 23.3 Å². The minimum Gasteiger partial charge on any atom is -0.856 e. The Morgan fingerprint density at radius 3 is 2.30 bits per heavy atom. The molecule has 0 saturated heterocycles. The molecule has 0 radical (unpaired) electrons. The van der Waals surface area contributed by atoms with Crippen LogP contribution in [0.25, 0.3) is 11.5 Å². The fourth-order valence-electron chi connectivity index (χ4n) is 3.05. The van der Waals surface area contributed by atoms with Crippen molar-refractivity contribution in [2.24, 2.45) is 0 Å². The van der Waals surface area contributed by atoms with Crippen molar-refractivity contribution in [3.05, 3.63) is 42.2 Å². The highest BCUT2D eigenvalue weighted by Crippen LogP contribution is 2.41. The van der Waals surface area contributed by atoms with E-state index in [1.165, 1.54) is 24.0 Å². The molecule has 2 aromatic heterocycles. The average molecular weight is 368 g/mol. The smallest absolute Gasteiger partial charge is 0.232 e. The summed E-state index contributed by atoms with van der Waals surface area (Å²) in [5.74, 6) is 2.23. The van der Waals surface area contributed by atoms with Crippen LogP contribution in [0, 0.1) is 0 Å². The highest BCUT2D eigenvalue weighted by atomic mass is 16.5. The first-order valence-corrected chi connectivity index (χ1v) is 8.50. The number of methoxy groups -OCH3 is 2. The Labute approximate surface area is 155 Å². The van der Waals surface area contributed by atoms with Gasteiger partial charge in [0.1, 0.15) is 23.3 Å². The van der Waals surface area contributed by atoms with E-state index in [-0.39, 0.29) is 11.9 Å². The van der Waals surface area contributed by atoms with Gasteiger partial charge in [0.15, 0.2) is 5.76 Å². The molecule has 1 fully saturated rings. The maximum Gasteiger partial charge on any atom is 0.232 e. The van der Waals surface area contributed by atoms with E-state index in [4.69, 9.17) is 18.7 Å². The molecule has 27 heavy (non-hydrogen) atoms. The molecule has 1 aliphatic rings. The molecule has 8 nitrogen and oxygen atoms in total. The zero-order valence-electron chi connectivity index (χ0n) is 14.9. The van der Waals surface area contributed by atoms with Crippen molar-refractivity contribution < 1.29 is 23.8 Å². The van der Waals surface area contributed by atoms with Crippen molar-refractivity contribution in [1.29, 1.82) is 0 Å². The predicted molar refractivity (Wildman–Crippen MR) is 92.9 cm³/mol. The van der Waals surface area contributed by atoms with Gasteiger partial charge in [-0.05, 0) is 36.5 Å². The van der Waals surface area contributed by atoms with Crippen LogP contribution in [0.3, 0.4) is 0 Å². The maximum atomic E-state index is 11.1. The fourth-order valence-corrected chi connectivity index (χ4v) is 3.05. The Hall–Kier alpha value is -3.29. The zero-order valence-corrected chi connectivity index (χ0v) is 14.9. The lowest BCUT2D eigenvalue weighted by Crippen LogP contribution is -2.32. The highest BCUT2D eigenvalue weighted by Gasteiger charge is 2.33. The largest absolute Gasteiger partial charge is 0.856 e. The molecule has 0 aliphatic heterocycles. The monoisotopic (exact) mass is 368 g/mol. The number of ether oxygens (including phenoxy) is 3. The highest BCUT2D eigenvalue weighted by molar-refractivity contribution is 5.51. The van der Waals surface area contributed by atoms with Gasteiger partial charge >= 0.3 is 0 Å². The number of nitrogens with zero attached hydrogens (tertiary/aromatic N) is 3. The van der Waals surface area contributed by atoms with Crippen molar-refractivity contribution in [3.8, 4) is 34.7 Å². The lowest BCUT2D eigenvalue weighted by atomic mass is 9.77. The first-order valence-electron chi connectivity index (χ1n) is 8.50. The second-order valence-corrected chi connectivity index (χ2v) is 6.32. The van der Waals surface area contributed by atoms with E-state index in [1.807, 2.05) is 18.2 Å². The van der Waals surface area contributed by atoms with Crippen molar-refractivity contribution in [1.82, 2.24) is 15.1 Å². The number of aromatic nitrogens is 3. The Kier molecular flexibility index (Phi) is 4.53. The normalized spacial score (nSPS) is 18.6. The van der Waals surface area contributed by atoms with Gasteiger partial charge in [-0.1, -0.05) is 5.16 Å². The van der Waals surface area contributed by atoms with Crippen LogP contribution in [0.2, 0.25) is 0 Å². The summed E-state index contributed by atoms with van der Waals surface area (Å²) in [5, 5.41) is 14.4. The molecule has 0 N–H and O–H groups in total. The average Bonchev–Trinajstić information content (AvgIpc) is 3.10. The van der Waals surface area contributed by atoms with Crippen molar-refractivity contribution in [2.75, 3.05) is 14.2 Å². The van der Waals surface area contributed by atoms with Crippen LogP contribution in [0.4, 0.5) is 0 Å². The molecule has 1 aromatic carbocycles. The van der Waals surface area contributed by atoms with Crippen molar-refractivity contribution in [3.63, 3.8) is 0 Å². The second kappa shape index (κ2) is 7.14. The molecule has 2 heterocycles. The summed E-state index contributed by atoms with van der Waals surface area (Å²) in [6, 6.07) is 7.18. The van der Waals surface area contributed by atoms with E-state index < -0.39 is 5.88 Å². The molecule has 1 aliphatic carbocycles. The van der Waals surface area contributed by atoms with Gasteiger partial charge in [0, 0.05) is 18.0 Å². The standard InChI is InChI=1S/C19H19N3O5/c1-24-13-3-11(4-14(7-13)25-2)12-5-15(6-12)26-19-10-20-16(9-21-19)17-8-18(23)22-27-17/h3-4,7-10,12,15H,5-6H2,1-2H3,(H,22,23)/p-1. The van der Waals surface area contributed by atoms with Gasteiger partial charge in [0.25, 0.3) is 0 Å². The molecule has 0 atom stereocenters. The van der Waals surface area contributed by atoms with Crippen LogP contribution in [-0.4, -0.2) is 35.4 Å². The van der Waals surface area contributed by atoms with Gasteiger partial charge in [-0.3, -0.25) is 0 Å². The molecule has 0 amide bonds. The van der Waals surface area contributed by atoms with E-state index in [9.17, 15) is 5.11 Å². The van der Waals surface area contributed by atoms with Crippen LogP contribution in [0.1, 0.15) is 24.3 Å². The Bertz CT molecular complexity index is 897. The van der Waals surface area contributed by atoms with E-state index >= 15 is 0 Å². The molecule has 8 heteroatoms. The van der Waals surface area contributed by atoms with Gasteiger partial charge < -0.3 is 23.8 Å². The third kappa shape index (κ3) is 3.64. The molecular weight excluding hydrogens is 350 g/mol. The Morgan fingerprint density at radius 2 is 1.74 bits per heavy atom. The molecule has 0 bridgehead atoms. The summed E-state index contributed by atoms with van der Waals surface area (Å²) in [7, 11) is 3.29. The van der Waals surface area contributed by atoms with Gasteiger partial charge in [-0.15, -0.1) is 0 Å². The summed E-state index contributed by atoms with van der Waals surface area (Å²) >= 11 is 0. The number of benzene rings is 1. The third-order valence-corrected chi connectivity index (χ3v) is 4.60. The quantitative estimate of drug-likeness (QED) is 0.654. The van der Waals surface area contributed by atoms with E-state index in [0.717, 1.165) is 24.3 Å². The molecule has 4 rings (SSSR count). The minimum atomic E-state index is -0.443. The molecule has 0 spiro atoms. The molecular formula is C19H18N3O5-. The SMILES string of the molecule is COc1cc(OC)cc(C2CC(Oc3cnc(-c4cc([O-])no4)cn3)C2)c1. The van der Waals surface area contributed by atoms with Gasteiger partial charge in [0.05, 0.1) is 26.6 Å². The zero-order chi connectivity index (χ0) is 18.8. The molecule has 1 saturated carbocycles. The van der Waals surface area contributed by atoms with Crippen LogP contribution in [-0.2, 0) is 0 Å². The summed E-state index contributed by atoms with van der Waals surface area (Å²) in [5.41, 5.74) is 1.61. The van der Waals surface area contributed by atoms with Crippen molar-refractivity contribution >= 4 is 0 Å². The summed E-state index contributed by atoms with van der Waals surface area (Å²) in [6.45, 7) is 0. The summed E-state index contributed by atoms with van der Waals surface area (Å²) in [4.78, 5) is 8.43. The van der Waals surface area contributed by atoms with Crippen molar-refractivity contribution in [2.45, 2.75) is 24.9 Å². The second-order valence-electron chi connectivity index (χ2n) is 6.32. The van der Waals surface area contributed by atoms with E-state index in [1.54, 1.807) is 14.2 Å². The lowest BCUT2D eigenvalue weighted by Gasteiger charge is -2.35. The fraction of sp³-hybridized carbons (Fsp3) is 0.316. The van der Waals surface area contributed by atoms with Gasteiger partial charge in [-0.25, -0.2) is 9.97 Å². The van der Waals surface area contributed by atoms with Crippen LogP contribution >= 0.6 is 0 Å². The molecule has 140 valence electrons. The first-order chi connectivity index (χ1) is 13.1. The topological polar surface area (TPSA) is 103 Å². The Morgan fingerprint density at radius 1 is 1.00 bits per heavy atom. The minimum absolute atomic E-state index is 0.0749. The predicted octanol–water partition coefficient (Wildman–Crippen LogP) is 2.55. The maximum absolute atomic E-state index is 11.1. The number of hydrogen-bond donors (Lipinski definition) is 0. The molecule has 0 unspecified atom stereocenters.